The van der Waals surface area contributed by atoms with Crippen molar-refractivity contribution in [3.05, 3.63) is 71.2 Å². The number of amides is 1. The van der Waals surface area contributed by atoms with Gasteiger partial charge in [0.25, 0.3) is 5.91 Å². The molecule has 3 heterocycles. The van der Waals surface area contributed by atoms with E-state index in [9.17, 15) is 18.0 Å². The van der Waals surface area contributed by atoms with Gasteiger partial charge in [-0.3, -0.25) is 4.79 Å². The smallest absolute Gasteiger partial charge is 0.362 e. The van der Waals surface area contributed by atoms with Crippen molar-refractivity contribution in [1.29, 1.82) is 0 Å². The molecule has 1 aromatic carbocycles. The molecule has 0 aliphatic carbocycles. The largest absolute Gasteiger partial charge is 0.417 e. The van der Waals surface area contributed by atoms with E-state index in [2.05, 4.69) is 20.8 Å². The molecule has 2 aliphatic heterocycles. The third-order valence-electron chi connectivity index (χ3n) is 4.99. The molecule has 1 unspecified atom stereocenters. The number of carbonyl (C=O) groups is 1. The van der Waals surface area contributed by atoms with Crippen LogP contribution in [-0.2, 0) is 11.0 Å². The zero-order valence-corrected chi connectivity index (χ0v) is 17.1. The summed E-state index contributed by atoms with van der Waals surface area (Å²) >= 11 is 0. The Labute approximate surface area is 176 Å². The molecule has 0 saturated carbocycles. The molecule has 0 radical (unpaired) electrons. The van der Waals surface area contributed by atoms with Crippen molar-refractivity contribution in [3.63, 3.8) is 0 Å². The molecule has 162 valence electrons. The molecule has 7 nitrogen and oxygen atoms in total. The van der Waals surface area contributed by atoms with E-state index in [-0.39, 0.29) is 23.0 Å². The number of anilines is 1. The fourth-order valence-corrected chi connectivity index (χ4v) is 3.61. The zero-order chi connectivity index (χ0) is 22.3. The Morgan fingerprint density at radius 2 is 1.97 bits per heavy atom. The second-order valence-electron chi connectivity index (χ2n) is 7.50. The van der Waals surface area contributed by atoms with Gasteiger partial charge in [0.05, 0.1) is 17.5 Å². The number of hydrazone groups is 1. The number of nitrogens with zero attached hydrogens (tertiary/aromatic N) is 4. The lowest BCUT2D eigenvalue weighted by atomic mass is 10.0. The van der Waals surface area contributed by atoms with E-state index in [0.29, 0.717) is 11.5 Å². The van der Waals surface area contributed by atoms with Crippen molar-refractivity contribution < 1.29 is 18.0 Å². The summed E-state index contributed by atoms with van der Waals surface area (Å²) in [5.41, 5.74) is 0.0892. The van der Waals surface area contributed by atoms with Crippen molar-refractivity contribution in [2.75, 3.05) is 5.32 Å². The minimum atomic E-state index is -4.52. The van der Waals surface area contributed by atoms with Gasteiger partial charge in [-0.25, -0.2) is 9.69 Å². The summed E-state index contributed by atoms with van der Waals surface area (Å²) in [7, 11) is 0. The molecular weight excluding hydrogens is 409 g/mol. The average Bonchev–Trinajstić information content (AvgIpc) is 3.30. The number of allylic oxidation sites excluding steroid dienone is 2. The van der Waals surface area contributed by atoms with E-state index in [1.54, 1.807) is 29.9 Å². The third-order valence-corrected chi connectivity index (χ3v) is 4.99. The molecule has 0 spiro atoms. The zero-order valence-electron chi connectivity index (χ0n) is 17.1. The quantitative estimate of drug-likeness (QED) is 0.773. The Hall–Kier alpha value is -3.56. The van der Waals surface area contributed by atoms with Gasteiger partial charge < -0.3 is 10.6 Å². The maximum absolute atomic E-state index is 13.5. The first kappa shape index (κ1) is 20.7. The molecule has 1 aromatic heterocycles. The van der Waals surface area contributed by atoms with Crippen LogP contribution in [0.25, 0.3) is 0 Å². The highest BCUT2D eigenvalue weighted by Gasteiger charge is 2.37. The van der Waals surface area contributed by atoms with E-state index < -0.39 is 23.8 Å². The number of benzene rings is 1. The van der Waals surface area contributed by atoms with Crippen LogP contribution in [0.2, 0.25) is 0 Å². The minimum absolute atomic E-state index is 0.0382. The van der Waals surface area contributed by atoms with Crippen LogP contribution in [0.4, 0.5) is 19.0 Å². The normalized spacial score (nSPS) is 18.2. The molecular formula is C21H21F3N6O. The maximum Gasteiger partial charge on any atom is 0.417 e. The van der Waals surface area contributed by atoms with Gasteiger partial charge in [-0.15, -0.1) is 0 Å². The third kappa shape index (κ3) is 3.80. The van der Waals surface area contributed by atoms with Crippen LogP contribution >= 0.6 is 0 Å². The predicted molar refractivity (Wildman–Crippen MR) is 110 cm³/mol. The lowest BCUT2D eigenvalue weighted by Crippen LogP contribution is -2.37. The van der Waals surface area contributed by atoms with Gasteiger partial charge in [0.15, 0.2) is 0 Å². The summed E-state index contributed by atoms with van der Waals surface area (Å²) in [6, 6.07) is 6.96. The molecule has 2 aliphatic rings. The molecule has 4 rings (SSSR count). The molecule has 2 aromatic rings. The molecule has 1 amide bonds. The van der Waals surface area contributed by atoms with Crippen LogP contribution in [0.1, 0.15) is 37.9 Å². The number of rotatable bonds is 4. The first-order chi connectivity index (χ1) is 14.7. The predicted octanol–water partition coefficient (Wildman–Crippen LogP) is 3.86. The molecule has 0 fully saturated rings. The maximum atomic E-state index is 13.5. The Bertz CT molecular complexity index is 1110. The fraction of sp³-hybridized carbons (Fsp3) is 0.286. The van der Waals surface area contributed by atoms with Crippen molar-refractivity contribution in [1.82, 2.24) is 20.1 Å². The van der Waals surface area contributed by atoms with Crippen molar-refractivity contribution >= 4 is 17.4 Å². The van der Waals surface area contributed by atoms with Gasteiger partial charge >= 0.3 is 6.18 Å². The first-order valence-electron chi connectivity index (χ1n) is 9.71. The van der Waals surface area contributed by atoms with Gasteiger partial charge in [0, 0.05) is 23.4 Å². The standard InChI is InChI=1S/C21H21F3N6O/c1-12(2)29-18(10-11-25-29)27-20(31)19-13(3)26-17-9-8-16(28-30(17)19)14-6-4-5-7-15(14)21(22,23)24/h4-12,17,26H,1-3H3,(H,27,31). The topological polar surface area (TPSA) is 74.5 Å². The highest BCUT2D eigenvalue weighted by molar-refractivity contribution is 6.11. The molecule has 0 saturated heterocycles. The van der Waals surface area contributed by atoms with Crippen LogP contribution < -0.4 is 10.6 Å². The molecule has 2 N–H and O–H groups in total. The summed E-state index contributed by atoms with van der Waals surface area (Å²) in [5, 5.41) is 15.9. The number of halogens is 3. The molecule has 1 atom stereocenters. The number of fused-ring (bicyclic) bond motifs is 1. The van der Waals surface area contributed by atoms with Gasteiger partial charge in [-0.2, -0.15) is 23.4 Å². The molecule has 31 heavy (non-hydrogen) atoms. The molecule has 0 bridgehead atoms. The van der Waals surface area contributed by atoms with Gasteiger partial charge in [0.1, 0.15) is 17.7 Å². The van der Waals surface area contributed by atoms with Gasteiger partial charge in [-0.1, -0.05) is 18.2 Å². The number of nitrogens with one attached hydrogen (secondary N) is 2. The van der Waals surface area contributed by atoms with Crippen LogP contribution in [-0.4, -0.2) is 32.6 Å². The Morgan fingerprint density at radius 3 is 2.68 bits per heavy atom. The SMILES string of the molecule is CC1=C(C(=O)Nc2ccnn2C(C)C)N2N=C(c3ccccc3C(F)(F)F)C=CC2N1. The van der Waals surface area contributed by atoms with E-state index in [1.807, 2.05) is 13.8 Å². The summed E-state index contributed by atoms with van der Waals surface area (Å²) in [6.45, 7) is 5.59. The highest BCUT2D eigenvalue weighted by Crippen LogP contribution is 2.34. The lowest BCUT2D eigenvalue weighted by molar-refractivity contribution is -0.137. The second kappa shape index (κ2) is 7.60. The molecule has 10 heteroatoms. The Balaban J connectivity index is 1.66. The van der Waals surface area contributed by atoms with Crippen molar-refractivity contribution in [2.24, 2.45) is 5.10 Å². The number of aromatic nitrogens is 2. The van der Waals surface area contributed by atoms with Crippen LogP contribution in [0, 0.1) is 0 Å². The average molecular weight is 430 g/mol. The number of hydrogen-bond acceptors (Lipinski definition) is 5. The highest BCUT2D eigenvalue weighted by atomic mass is 19.4. The summed E-state index contributed by atoms with van der Waals surface area (Å²) < 4.78 is 42.1. The van der Waals surface area contributed by atoms with Crippen LogP contribution in [0.5, 0.6) is 0 Å². The monoisotopic (exact) mass is 430 g/mol. The lowest BCUT2D eigenvalue weighted by Gasteiger charge is -2.26. The van der Waals surface area contributed by atoms with E-state index in [0.717, 1.165) is 6.07 Å². The van der Waals surface area contributed by atoms with E-state index in [4.69, 9.17) is 0 Å². The van der Waals surface area contributed by atoms with Gasteiger partial charge in [-0.05, 0) is 39.0 Å². The van der Waals surface area contributed by atoms with E-state index >= 15 is 0 Å². The fourth-order valence-electron chi connectivity index (χ4n) is 3.61. The summed E-state index contributed by atoms with van der Waals surface area (Å²) in [4.78, 5) is 13.1. The number of carbonyl (C=O) groups excluding carboxylic acids is 1. The van der Waals surface area contributed by atoms with Crippen LogP contribution in [0.3, 0.4) is 0 Å². The second-order valence-corrected chi connectivity index (χ2v) is 7.50. The number of alkyl halides is 3. The van der Waals surface area contributed by atoms with Crippen LogP contribution in [0.15, 0.2) is 65.2 Å². The number of hydrogen-bond donors (Lipinski definition) is 2. The van der Waals surface area contributed by atoms with Gasteiger partial charge in [0.2, 0.25) is 0 Å². The Morgan fingerprint density at radius 1 is 1.23 bits per heavy atom. The summed E-state index contributed by atoms with van der Waals surface area (Å²) in [6.07, 6.45) is -0.190. The van der Waals surface area contributed by atoms with Crippen molar-refractivity contribution in [2.45, 2.75) is 39.2 Å². The summed E-state index contributed by atoms with van der Waals surface area (Å²) in [5.74, 6) is 0.0836. The van der Waals surface area contributed by atoms with Crippen molar-refractivity contribution in [3.8, 4) is 0 Å². The minimum Gasteiger partial charge on any atom is -0.362 e. The Kier molecular flexibility index (Phi) is 5.08. The van der Waals surface area contributed by atoms with E-state index in [1.165, 1.54) is 29.3 Å². The first-order valence-corrected chi connectivity index (χ1v) is 9.71.